The number of benzene rings is 1. The van der Waals surface area contributed by atoms with Crippen LogP contribution in [-0.4, -0.2) is 36.1 Å². The Kier molecular flexibility index (Phi) is 3.89. The molecule has 22 heavy (non-hydrogen) atoms. The molecule has 3 atom stereocenters. The Labute approximate surface area is 131 Å². The molecule has 4 rings (SSSR count). The molecule has 1 aromatic carbocycles. The molecule has 2 aliphatic heterocycles. The van der Waals surface area contributed by atoms with Crippen LogP contribution in [-0.2, 0) is 22.6 Å². The molecule has 1 aromatic rings. The highest BCUT2D eigenvalue weighted by atomic mass is 16.5. The minimum atomic E-state index is 0.215. The van der Waals surface area contributed by atoms with Crippen LogP contribution in [0.4, 0.5) is 0 Å². The van der Waals surface area contributed by atoms with E-state index in [1.807, 2.05) is 0 Å². The number of carbonyl (C=O) groups is 1. The van der Waals surface area contributed by atoms with Crippen LogP contribution in [0, 0.1) is 5.92 Å². The van der Waals surface area contributed by atoms with Crippen molar-refractivity contribution in [1.29, 1.82) is 0 Å². The van der Waals surface area contributed by atoms with Crippen molar-refractivity contribution in [3.05, 3.63) is 35.4 Å². The van der Waals surface area contributed by atoms with Crippen molar-refractivity contribution in [3.8, 4) is 0 Å². The third-order valence-corrected chi connectivity index (χ3v) is 5.39. The lowest BCUT2D eigenvalue weighted by molar-refractivity contribution is -0.124. The predicted molar refractivity (Wildman–Crippen MR) is 84.2 cm³/mol. The molecule has 0 aromatic heterocycles. The number of nitrogens with one attached hydrogen (secondary N) is 1. The van der Waals surface area contributed by atoms with Crippen LogP contribution in [0.2, 0.25) is 0 Å². The molecule has 0 spiro atoms. The van der Waals surface area contributed by atoms with E-state index in [2.05, 4.69) is 34.5 Å². The van der Waals surface area contributed by atoms with Gasteiger partial charge in [-0.25, -0.2) is 0 Å². The average molecular weight is 300 g/mol. The molecule has 1 aliphatic carbocycles. The van der Waals surface area contributed by atoms with Crippen molar-refractivity contribution in [3.63, 3.8) is 0 Å². The molecule has 1 amide bonds. The maximum absolute atomic E-state index is 12.1. The summed E-state index contributed by atoms with van der Waals surface area (Å²) in [6.45, 7) is 3.93. The van der Waals surface area contributed by atoms with E-state index in [1.54, 1.807) is 0 Å². The normalized spacial score (nSPS) is 29.7. The van der Waals surface area contributed by atoms with Gasteiger partial charge >= 0.3 is 0 Å². The van der Waals surface area contributed by atoms with E-state index in [0.717, 1.165) is 45.5 Å². The number of hydrogen-bond donors (Lipinski definition) is 1. The SMILES string of the molecule is O=C(CCCN1Cc2ccccc2C1)N[C@H]1C[C@@H]2OCC[C@H]12. The van der Waals surface area contributed by atoms with Gasteiger partial charge in [0.15, 0.2) is 0 Å². The van der Waals surface area contributed by atoms with Gasteiger partial charge in [0.1, 0.15) is 0 Å². The Balaban J connectivity index is 1.16. The van der Waals surface area contributed by atoms with Crippen LogP contribution < -0.4 is 5.32 Å². The largest absolute Gasteiger partial charge is 0.378 e. The molecular formula is C18H24N2O2. The summed E-state index contributed by atoms with van der Waals surface area (Å²) >= 11 is 0. The van der Waals surface area contributed by atoms with Crippen LogP contribution in [0.3, 0.4) is 0 Å². The van der Waals surface area contributed by atoms with Gasteiger partial charge in [0.05, 0.1) is 6.10 Å². The Bertz CT molecular complexity index is 535. The standard InChI is InChI=1S/C18H24N2O2/c21-18(19-16-10-17-15(16)7-9-22-17)6-3-8-20-11-13-4-1-2-5-14(13)12-20/h1-2,4-5,15-17H,3,6-12H2,(H,19,21)/t15-,16+,17+/m1/s1. The zero-order valence-electron chi connectivity index (χ0n) is 13.0. The Morgan fingerprint density at radius 3 is 2.77 bits per heavy atom. The van der Waals surface area contributed by atoms with Gasteiger partial charge in [-0.2, -0.15) is 0 Å². The summed E-state index contributed by atoms with van der Waals surface area (Å²) in [7, 11) is 0. The van der Waals surface area contributed by atoms with E-state index < -0.39 is 0 Å². The van der Waals surface area contributed by atoms with E-state index in [1.165, 1.54) is 11.1 Å². The summed E-state index contributed by atoms with van der Waals surface area (Å²) in [4.78, 5) is 14.5. The number of nitrogens with zero attached hydrogens (tertiary/aromatic N) is 1. The molecule has 4 heteroatoms. The number of fused-ring (bicyclic) bond motifs is 2. The quantitative estimate of drug-likeness (QED) is 0.905. The highest BCUT2D eigenvalue weighted by molar-refractivity contribution is 5.76. The van der Waals surface area contributed by atoms with Crippen LogP contribution in [0.15, 0.2) is 24.3 Å². The molecule has 0 bridgehead atoms. The second kappa shape index (κ2) is 6.01. The molecule has 2 heterocycles. The van der Waals surface area contributed by atoms with E-state index >= 15 is 0 Å². The first kappa shape index (κ1) is 14.2. The Hall–Kier alpha value is -1.39. The molecule has 1 saturated carbocycles. The van der Waals surface area contributed by atoms with Gasteiger partial charge in [-0.05, 0) is 36.9 Å². The van der Waals surface area contributed by atoms with Crippen LogP contribution in [0.1, 0.15) is 36.8 Å². The van der Waals surface area contributed by atoms with Gasteiger partial charge in [-0.15, -0.1) is 0 Å². The van der Waals surface area contributed by atoms with Gasteiger partial charge in [0.25, 0.3) is 0 Å². The van der Waals surface area contributed by atoms with Gasteiger partial charge in [0, 0.05) is 38.1 Å². The van der Waals surface area contributed by atoms with Crippen molar-refractivity contribution in [2.75, 3.05) is 13.2 Å². The highest BCUT2D eigenvalue weighted by Crippen LogP contribution is 2.38. The molecule has 1 N–H and O–H groups in total. The number of amides is 1. The second-order valence-corrected chi connectivity index (χ2v) is 6.85. The number of carbonyl (C=O) groups excluding carboxylic acids is 1. The number of ether oxygens (including phenoxy) is 1. The van der Waals surface area contributed by atoms with E-state index in [4.69, 9.17) is 4.74 Å². The minimum Gasteiger partial charge on any atom is -0.378 e. The van der Waals surface area contributed by atoms with Gasteiger partial charge < -0.3 is 10.1 Å². The van der Waals surface area contributed by atoms with E-state index in [0.29, 0.717) is 24.5 Å². The lowest BCUT2D eigenvalue weighted by atomic mass is 9.76. The lowest BCUT2D eigenvalue weighted by Gasteiger charge is -2.39. The van der Waals surface area contributed by atoms with Gasteiger partial charge in [-0.3, -0.25) is 9.69 Å². The molecule has 118 valence electrons. The smallest absolute Gasteiger partial charge is 0.220 e. The molecule has 0 unspecified atom stereocenters. The number of rotatable bonds is 5. The topological polar surface area (TPSA) is 41.6 Å². The zero-order valence-corrected chi connectivity index (χ0v) is 13.0. The third kappa shape index (κ3) is 2.77. The minimum absolute atomic E-state index is 0.215. The van der Waals surface area contributed by atoms with Gasteiger partial charge in [-0.1, -0.05) is 24.3 Å². The van der Waals surface area contributed by atoms with E-state index in [9.17, 15) is 4.79 Å². The zero-order chi connectivity index (χ0) is 14.9. The van der Waals surface area contributed by atoms with Crippen LogP contribution >= 0.6 is 0 Å². The lowest BCUT2D eigenvalue weighted by Crippen LogP contribution is -2.53. The van der Waals surface area contributed by atoms with Crippen molar-refractivity contribution in [2.45, 2.75) is 50.9 Å². The maximum atomic E-state index is 12.1. The molecule has 1 saturated heterocycles. The summed E-state index contributed by atoms with van der Waals surface area (Å²) in [5, 5.41) is 3.19. The fourth-order valence-corrected chi connectivity index (χ4v) is 4.07. The average Bonchev–Trinajstić information content (AvgIpc) is 3.07. The second-order valence-electron chi connectivity index (χ2n) is 6.85. The number of hydrogen-bond acceptors (Lipinski definition) is 3. The van der Waals surface area contributed by atoms with Crippen LogP contribution in [0.5, 0.6) is 0 Å². The predicted octanol–water partition coefficient (Wildman–Crippen LogP) is 2.08. The fourth-order valence-electron chi connectivity index (χ4n) is 4.07. The summed E-state index contributed by atoms with van der Waals surface area (Å²) in [5.74, 6) is 0.795. The summed E-state index contributed by atoms with van der Waals surface area (Å²) in [6, 6.07) is 9.00. The fraction of sp³-hybridized carbons (Fsp3) is 0.611. The Morgan fingerprint density at radius 2 is 2.05 bits per heavy atom. The van der Waals surface area contributed by atoms with Crippen molar-refractivity contribution in [2.24, 2.45) is 5.92 Å². The first-order chi connectivity index (χ1) is 10.8. The Morgan fingerprint density at radius 1 is 1.27 bits per heavy atom. The first-order valence-corrected chi connectivity index (χ1v) is 8.50. The highest BCUT2D eigenvalue weighted by Gasteiger charge is 2.45. The van der Waals surface area contributed by atoms with Crippen molar-refractivity contribution >= 4 is 5.91 Å². The molecule has 4 nitrogen and oxygen atoms in total. The van der Waals surface area contributed by atoms with Crippen molar-refractivity contribution < 1.29 is 9.53 Å². The maximum Gasteiger partial charge on any atom is 0.220 e. The molecular weight excluding hydrogens is 276 g/mol. The summed E-state index contributed by atoms with van der Waals surface area (Å²) in [6.07, 6.45) is 4.13. The molecule has 0 radical (unpaired) electrons. The molecule has 3 aliphatic rings. The monoisotopic (exact) mass is 300 g/mol. The first-order valence-electron chi connectivity index (χ1n) is 8.50. The van der Waals surface area contributed by atoms with Crippen LogP contribution in [0.25, 0.3) is 0 Å². The molecule has 2 fully saturated rings. The van der Waals surface area contributed by atoms with Gasteiger partial charge in [0.2, 0.25) is 5.91 Å². The third-order valence-electron chi connectivity index (χ3n) is 5.39. The van der Waals surface area contributed by atoms with E-state index in [-0.39, 0.29) is 5.91 Å². The summed E-state index contributed by atoms with van der Waals surface area (Å²) in [5.41, 5.74) is 2.88. The van der Waals surface area contributed by atoms with Crippen molar-refractivity contribution in [1.82, 2.24) is 10.2 Å². The summed E-state index contributed by atoms with van der Waals surface area (Å²) < 4.78 is 5.59.